The highest BCUT2D eigenvalue weighted by atomic mass is 16.5. The van der Waals surface area contributed by atoms with Gasteiger partial charge in [-0.05, 0) is 37.3 Å². The SMILES string of the molecule is COC(=O)c1cn(Cc2cn3cc(C4CC4)cc(C(C)O)c3n2)nn1. The summed E-state index contributed by atoms with van der Waals surface area (Å²) in [4.78, 5) is 16.1. The van der Waals surface area contributed by atoms with Crippen molar-refractivity contribution in [3.63, 3.8) is 0 Å². The second kappa shape index (κ2) is 5.96. The number of esters is 1. The summed E-state index contributed by atoms with van der Waals surface area (Å²) in [5.41, 5.74) is 3.73. The first-order valence-electron chi connectivity index (χ1n) is 8.23. The van der Waals surface area contributed by atoms with Gasteiger partial charge in [-0.15, -0.1) is 5.10 Å². The summed E-state index contributed by atoms with van der Waals surface area (Å²) < 4.78 is 8.13. The van der Waals surface area contributed by atoms with Gasteiger partial charge in [0.15, 0.2) is 5.69 Å². The molecular formula is C17H19N5O3. The quantitative estimate of drug-likeness (QED) is 0.710. The number of aromatic nitrogens is 5. The van der Waals surface area contributed by atoms with Crippen LogP contribution >= 0.6 is 0 Å². The first kappa shape index (κ1) is 15.8. The van der Waals surface area contributed by atoms with Gasteiger partial charge < -0.3 is 14.2 Å². The van der Waals surface area contributed by atoms with Gasteiger partial charge in [0, 0.05) is 18.0 Å². The minimum Gasteiger partial charge on any atom is -0.464 e. The van der Waals surface area contributed by atoms with Crippen molar-refractivity contribution in [2.24, 2.45) is 0 Å². The van der Waals surface area contributed by atoms with Crippen molar-refractivity contribution in [3.05, 3.63) is 47.2 Å². The molecule has 0 radical (unpaired) electrons. The van der Waals surface area contributed by atoms with Gasteiger partial charge in [-0.1, -0.05) is 5.21 Å². The number of hydrogen-bond donors (Lipinski definition) is 1. The Morgan fingerprint density at radius 3 is 2.88 bits per heavy atom. The smallest absolute Gasteiger partial charge is 0.360 e. The zero-order chi connectivity index (χ0) is 17.6. The van der Waals surface area contributed by atoms with Crippen molar-refractivity contribution in [3.8, 4) is 0 Å². The molecule has 1 unspecified atom stereocenters. The molecule has 0 aliphatic heterocycles. The van der Waals surface area contributed by atoms with Gasteiger partial charge in [0.05, 0.1) is 31.6 Å². The van der Waals surface area contributed by atoms with E-state index in [9.17, 15) is 9.90 Å². The summed E-state index contributed by atoms with van der Waals surface area (Å²) in [5.74, 6) is 0.0670. The summed E-state index contributed by atoms with van der Waals surface area (Å²) in [6.45, 7) is 2.13. The van der Waals surface area contributed by atoms with Gasteiger partial charge >= 0.3 is 5.97 Å². The molecule has 0 aromatic carbocycles. The Morgan fingerprint density at radius 2 is 2.20 bits per heavy atom. The molecule has 8 heteroatoms. The number of aliphatic hydroxyl groups is 1. The second-order valence-electron chi connectivity index (χ2n) is 6.44. The van der Waals surface area contributed by atoms with Gasteiger partial charge in [0.2, 0.25) is 0 Å². The Labute approximate surface area is 144 Å². The molecule has 1 saturated carbocycles. The first-order chi connectivity index (χ1) is 12.0. The fourth-order valence-corrected chi connectivity index (χ4v) is 2.96. The normalized spacial score (nSPS) is 15.5. The molecule has 1 aliphatic carbocycles. The molecule has 0 amide bonds. The maximum atomic E-state index is 11.5. The lowest BCUT2D eigenvalue weighted by Gasteiger charge is -2.09. The van der Waals surface area contributed by atoms with E-state index < -0.39 is 12.1 Å². The van der Waals surface area contributed by atoms with Crippen LogP contribution in [0, 0.1) is 0 Å². The van der Waals surface area contributed by atoms with Gasteiger partial charge in [-0.3, -0.25) is 0 Å². The first-order valence-corrected chi connectivity index (χ1v) is 8.23. The van der Waals surface area contributed by atoms with E-state index in [-0.39, 0.29) is 5.69 Å². The molecule has 0 saturated heterocycles. The van der Waals surface area contributed by atoms with E-state index in [1.807, 2.05) is 10.6 Å². The molecule has 1 N–H and O–H groups in total. The number of carbonyl (C=O) groups is 1. The minimum absolute atomic E-state index is 0.159. The van der Waals surface area contributed by atoms with Crippen LogP contribution < -0.4 is 0 Å². The zero-order valence-electron chi connectivity index (χ0n) is 14.1. The molecule has 1 atom stereocenters. The number of hydrogen-bond acceptors (Lipinski definition) is 6. The molecule has 0 bridgehead atoms. The molecule has 130 valence electrons. The maximum absolute atomic E-state index is 11.5. The minimum atomic E-state index is -0.589. The van der Waals surface area contributed by atoms with Crippen molar-refractivity contribution >= 4 is 11.6 Å². The number of fused-ring (bicyclic) bond motifs is 1. The van der Waals surface area contributed by atoms with Crippen LogP contribution in [-0.4, -0.2) is 42.6 Å². The van der Waals surface area contributed by atoms with Crippen molar-refractivity contribution in [2.45, 2.75) is 38.3 Å². The topological polar surface area (TPSA) is 94.5 Å². The van der Waals surface area contributed by atoms with E-state index in [2.05, 4.69) is 32.3 Å². The molecule has 1 aliphatic rings. The second-order valence-corrected chi connectivity index (χ2v) is 6.44. The summed E-state index contributed by atoms with van der Waals surface area (Å²) in [7, 11) is 1.30. The lowest BCUT2D eigenvalue weighted by Crippen LogP contribution is -2.02. The Bertz CT molecular complexity index is 939. The molecule has 4 rings (SSSR count). The third kappa shape index (κ3) is 3.00. The average molecular weight is 341 g/mol. The molecule has 8 nitrogen and oxygen atoms in total. The van der Waals surface area contributed by atoms with Gasteiger partial charge in [-0.2, -0.15) is 0 Å². The Hall–Kier alpha value is -2.74. The molecule has 1 fully saturated rings. The fourth-order valence-electron chi connectivity index (χ4n) is 2.96. The highest BCUT2D eigenvalue weighted by Gasteiger charge is 2.25. The Morgan fingerprint density at radius 1 is 1.40 bits per heavy atom. The number of ether oxygens (including phenoxy) is 1. The van der Waals surface area contributed by atoms with Crippen molar-refractivity contribution in [1.29, 1.82) is 0 Å². The predicted octanol–water partition coefficient (Wildman–Crippen LogP) is 1.69. The maximum Gasteiger partial charge on any atom is 0.360 e. The van der Waals surface area contributed by atoms with Crippen molar-refractivity contribution in [2.75, 3.05) is 7.11 Å². The molecular weight excluding hydrogens is 322 g/mol. The van der Waals surface area contributed by atoms with Crippen LogP contribution in [0.4, 0.5) is 0 Å². The third-order valence-corrected chi connectivity index (χ3v) is 4.41. The van der Waals surface area contributed by atoms with E-state index in [1.54, 1.807) is 6.92 Å². The van der Waals surface area contributed by atoms with Crippen LogP contribution in [0.3, 0.4) is 0 Å². The van der Waals surface area contributed by atoms with Crippen LogP contribution in [-0.2, 0) is 11.3 Å². The van der Waals surface area contributed by atoms with Crippen molar-refractivity contribution in [1.82, 2.24) is 24.4 Å². The van der Waals surface area contributed by atoms with Crippen LogP contribution in [0.2, 0.25) is 0 Å². The van der Waals surface area contributed by atoms with E-state index in [0.29, 0.717) is 12.5 Å². The summed E-state index contributed by atoms with van der Waals surface area (Å²) in [5, 5.41) is 17.8. The highest BCUT2D eigenvalue weighted by molar-refractivity contribution is 5.86. The standard InChI is InChI=1S/C17H19N5O3/c1-10(23)14-5-12(11-3-4-11)6-21-7-13(18-16(14)21)8-22-9-15(19-20-22)17(24)25-2/h5-7,9-11,23H,3-4,8H2,1-2H3. The number of aliphatic hydroxyl groups excluding tert-OH is 1. The van der Waals surface area contributed by atoms with Crippen molar-refractivity contribution < 1.29 is 14.6 Å². The fraction of sp³-hybridized carbons (Fsp3) is 0.412. The van der Waals surface area contributed by atoms with Crippen LogP contribution in [0.25, 0.3) is 5.65 Å². The molecule has 0 spiro atoms. The number of carbonyl (C=O) groups excluding carboxylic acids is 1. The largest absolute Gasteiger partial charge is 0.464 e. The van der Waals surface area contributed by atoms with Crippen LogP contribution in [0.5, 0.6) is 0 Å². The lowest BCUT2D eigenvalue weighted by atomic mass is 10.1. The van der Waals surface area contributed by atoms with Gasteiger partial charge in [-0.25, -0.2) is 14.5 Å². The molecule has 3 aromatic heterocycles. The lowest BCUT2D eigenvalue weighted by molar-refractivity contribution is 0.0594. The van der Waals surface area contributed by atoms with E-state index in [0.717, 1.165) is 16.9 Å². The number of pyridine rings is 1. The van der Waals surface area contributed by atoms with E-state index in [4.69, 9.17) is 0 Å². The number of nitrogens with zero attached hydrogens (tertiary/aromatic N) is 5. The highest BCUT2D eigenvalue weighted by Crippen LogP contribution is 2.41. The van der Waals surface area contributed by atoms with Gasteiger partial charge in [0.25, 0.3) is 0 Å². The van der Waals surface area contributed by atoms with E-state index in [1.165, 1.54) is 36.4 Å². The predicted molar refractivity (Wildman–Crippen MR) is 88.3 cm³/mol. The molecule has 3 heterocycles. The monoisotopic (exact) mass is 341 g/mol. The molecule has 25 heavy (non-hydrogen) atoms. The number of imidazole rings is 1. The Kier molecular flexibility index (Phi) is 3.76. The number of methoxy groups -OCH3 is 1. The summed E-state index contributed by atoms with van der Waals surface area (Å²) >= 11 is 0. The zero-order valence-corrected chi connectivity index (χ0v) is 14.1. The van der Waals surface area contributed by atoms with Gasteiger partial charge in [0.1, 0.15) is 5.65 Å². The summed E-state index contributed by atoms with van der Waals surface area (Å²) in [6.07, 6.45) is 7.33. The average Bonchev–Trinajstić information content (AvgIpc) is 3.21. The van der Waals surface area contributed by atoms with Crippen LogP contribution in [0.1, 0.15) is 59.1 Å². The Balaban J connectivity index is 1.67. The summed E-state index contributed by atoms with van der Waals surface area (Å²) in [6, 6.07) is 2.05. The van der Waals surface area contributed by atoms with E-state index >= 15 is 0 Å². The van der Waals surface area contributed by atoms with Crippen LogP contribution in [0.15, 0.2) is 24.7 Å². The number of rotatable bonds is 5. The third-order valence-electron chi connectivity index (χ3n) is 4.41. The molecule has 3 aromatic rings.